The molecule has 0 saturated heterocycles. The number of anilines is 2. The minimum atomic E-state index is -0.332. The number of carbonyl (C=O) groups is 1. The number of nitrogens with one attached hydrogen (secondary N) is 1. The Hall–Kier alpha value is -2.02. The molecule has 0 aromatic carbocycles. The summed E-state index contributed by atoms with van der Waals surface area (Å²) in [5, 5.41) is 10.4. The summed E-state index contributed by atoms with van der Waals surface area (Å²) < 4.78 is 0. The predicted molar refractivity (Wildman–Crippen MR) is 61.2 cm³/mol. The molecule has 0 spiro atoms. The van der Waals surface area contributed by atoms with Crippen LogP contribution < -0.4 is 11.1 Å². The maximum atomic E-state index is 11.7. The van der Waals surface area contributed by atoms with Crippen molar-refractivity contribution < 1.29 is 4.79 Å². The molecule has 1 amide bonds. The van der Waals surface area contributed by atoms with E-state index in [0.29, 0.717) is 5.69 Å². The third kappa shape index (κ3) is 2.31. The van der Waals surface area contributed by atoms with Crippen molar-refractivity contribution >= 4 is 28.1 Å². The summed E-state index contributed by atoms with van der Waals surface area (Å²) in [4.78, 5) is 15.6. The molecule has 0 saturated carbocycles. The van der Waals surface area contributed by atoms with Crippen LogP contribution in [0.3, 0.4) is 0 Å². The maximum Gasteiger partial charge on any atom is 0.286 e. The van der Waals surface area contributed by atoms with Crippen LogP contribution in [0.2, 0.25) is 0 Å². The molecular weight excluding hydrogens is 226 g/mol. The summed E-state index contributed by atoms with van der Waals surface area (Å²) >= 11 is 1.04. The van der Waals surface area contributed by atoms with Gasteiger partial charge in [0, 0.05) is 6.20 Å². The van der Waals surface area contributed by atoms with Gasteiger partial charge in [-0.25, -0.2) is 0 Å². The summed E-state index contributed by atoms with van der Waals surface area (Å²) in [6.45, 7) is 1.89. The lowest BCUT2D eigenvalue weighted by Crippen LogP contribution is -2.11. The van der Waals surface area contributed by atoms with Crippen molar-refractivity contribution in [2.75, 3.05) is 11.1 Å². The van der Waals surface area contributed by atoms with Crippen LogP contribution in [0.15, 0.2) is 18.5 Å². The zero-order valence-electron chi connectivity index (χ0n) is 8.47. The van der Waals surface area contributed by atoms with Gasteiger partial charge >= 0.3 is 0 Å². The van der Waals surface area contributed by atoms with Crippen molar-refractivity contribution in [3.63, 3.8) is 0 Å². The second-order valence-corrected chi connectivity index (χ2v) is 4.16. The summed E-state index contributed by atoms with van der Waals surface area (Å²) in [6, 6.07) is 1.81. The number of nitrogens with two attached hydrogens (primary N) is 1. The fraction of sp³-hybridized carbons (Fsp3) is 0.111. The Kier molecular flexibility index (Phi) is 2.78. The van der Waals surface area contributed by atoms with E-state index >= 15 is 0 Å². The number of nitrogens with zero attached hydrogens (tertiary/aromatic N) is 3. The summed E-state index contributed by atoms with van der Waals surface area (Å²) in [5.41, 5.74) is 6.98. The molecule has 3 N–H and O–H groups in total. The van der Waals surface area contributed by atoms with Gasteiger partial charge in [-0.15, -0.1) is 10.2 Å². The second kappa shape index (κ2) is 4.23. The van der Waals surface area contributed by atoms with E-state index in [1.54, 1.807) is 12.4 Å². The van der Waals surface area contributed by atoms with Gasteiger partial charge in [-0.1, -0.05) is 11.3 Å². The summed E-state index contributed by atoms with van der Waals surface area (Å²) in [6.07, 6.45) is 3.27. The fourth-order valence-corrected chi connectivity index (χ4v) is 1.64. The van der Waals surface area contributed by atoms with E-state index in [9.17, 15) is 4.79 Å². The van der Waals surface area contributed by atoms with Crippen LogP contribution in [0.4, 0.5) is 10.8 Å². The highest BCUT2D eigenvalue weighted by Gasteiger charge is 2.11. The normalized spacial score (nSPS) is 10.1. The van der Waals surface area contributed by atoms with Crippen LogP contribution in [0.1, 0.15) is 15.4 Å². The first-order valence-corrected chi connectivity index (χ1v) is 5.29. The molecule has 0 aliphatic heterocycles. The number of carbonyl (C=O) groups excluding carboxylic acids is 1. The number of amides is 1. The third-order valence-corrected chi connectivity index (χ3v) is 2.52. The molecule has 0 bridgehead atoms. The molecule has 7 heteroatoms. The van der Waals surface area contributed by atoms with Gasteiger partial charge in [0.05, 0.1) is 11.9 Å². The van der Waals surface area contributed by atoms with Gasteiger partial charge in [-0.3, -0.25) is 9.78 Å². The minimum absolute atomic E-state index is 0.235. The molecule has 82 valence electrons. The van der Waals surface area contributed by atoms with E-state index in [2.05, 4.69) is 20.5 Å². The highest BCUT2D eigenvalue weighted by molar-refractivity contribution is 7.16. The molecule has 2 heterocycles. The minimum Gasteiger partial charge on any atom is -0.374 e. The number of hydrogen-bond acceptors (Lipinski definition) is 6. The topological polar surface area (TPSA) is 93.8 Å². The van der Waals surface area contributed by atoms with Gasteiger partial charge in [0.25, 0.3) is 5.91 Å². The molecule has 0 unspecified atom stereocenters. The monoisotopic (exact) mass is 235 g/mol. The molecule has 2 rings (SSSR count). The number of rotatable bonds is 2. The molecule has 2 aromatic heterocycles. The quantitative estimate of drug-likeness (QED) is 0.812. The molecule has 2 aromatic rings. The summed E-state index contributed by atoms with van der Waals surface area (Å²) in [5.74, 6) is -0.332. The lowest BCUT2D eigenvalue weighted by Gasteiger charge is -2.02. The van der Waals surface area contributed by atoms with Crippen LogP contribution >= 0.6 is 11.3 Å². The lowest BCUT2D eigenvalue weighted by atomic mass is 10.3. The first-order valence-electron chi connectivity index (χ1n) is 4.47. The highest BCUT2D eigenvalue weighted by Crippen LogP contribution is 2.14. The van der Waals surface area contributed by atoms with Crippen molar-refractivity contribution in [1.29, 1.82) is 0 Å². The second-order valence-electron chi connectivity index (χ2n) is 3.15. The van der Waals surface area contributed by atoms with Crippen LogP contribution in [-0.4, -0.2) is 21.1 Å². The number of pyridine rings is 1. The Labute approximate surface area is 95.5 Å². The molecule has 0 aliphatic carbocycles. The largest absolute Gasteiger partial charge is 0.374 e. The van der Waals surface area contributed by atoms with Crippen molar-refractivity contribution in [2.24, 2.45) is 0 Å². The molecule has 0 atom stereocenters. The van der Waals surface area contributed by atoms with Gasteiger partial charge < -0.3 is 11.1 Å². The van der Waals surface area contributed by atoms with Gasteiger partial charge in [-0.05, 0) is 18.6 Å². The molecule has 16 heavy (non-hydrogen) atoms. The Morgan fingerprint density at radius 2 is 2.25 bits per heavy atom. The Morgan fingerprint density at radius 3 is 2.88 bits per heavy atom. The average molecular weight is 235 g/mol. The van der Waals surface area contributed by atoms with Crippen molar-refractivity contribution in [1.82, 2.24) is 15.2 Å². The smallest absolute Gasteiger partial charge is 0.286 e. The van der Waals surface area contributed by atoms with E-state index in [1.165, 1.54) is 0 Å². The maximum absolute atomic E-state index is 11.7. The molecule has 0 aliphatic rings. The van der Waals surface area contributed by atoms with Gasteiger partial charge in [0.1, 0.15) is 0 Å². The van der Waals surface area contributed by atoms with Crippen LogP contribution in [0.25, 0.3) is 0 Å². The number of aryl methyl sites for hydroxylation is 1. The van der Waals surface area contributed by atoms with E-state index in [1.807, 2.05) is 13.0 Å². The van der Waals surface area contributed by atoms with E-state index in [0.717, 1.165) is 16.9 Å². The van der Waals surface area contributed by atoms with Crippen molar-refractivity contribution in [3.8, 4) is 0 Å². The Balaban J connectivity index is 2.13. The molecule has 6 nitrogen and oxygen atoms in total. The highest BCUT2D eigenvalue weighted by atomic mass is 32.1. The van der Waals surface area contributed by atoms with E-state index in [-0.39, 0.29) is 16.0 Å². The van der Waals surface area contributed by atoms with Crippen LogP contribution in [-0.2, 0) is 0 Å². The van der Waals surface area contributed by atoms with Crippen LogP contribution in [0, 0.1) is 6.92 Å². The molecular formula is C9H9N5OS. The van der Waals surface area contributed by atoms with E-state index < -0.39 is 0 Å². The SMILES string of the molecule is Cc1cncc(NC(=O)c2nnc(N)s2)c1. The Morgan fingerprint density at radius 1 is 1.44 bits per heavy atom. The van der Waals surface area contributed by atoms with E-state index in [4.69, 9.17) is 5.73 Å². The first kappa shape index (κ1) is 10.5. The van der Waals surface area contributed by atoms with Crippen molar-refractivity contribution in [2.45, 2.75) is 6.92 Å². The van der Waals surface area contributed by atoms with Crippen LogP contribution in [0.5, 0.6) is 0 Å². The third-order valence-electron chi connectivity index (χ3n) is 1.77. The van der Waals surface area contributed by atoms with Gasteiger partial charge in [0.2, 0.25) is 10.1 Å². The number of aromatic nitrogens is 3. The van der Waals surface area contributed by atoms with Crippen molar-refractivity contribution in [3.05, 3.63) is 29.0 Å². The fourth-order valence-electron chi connectivity index (χ4n) is 1.13. The lowest BCUT2D eigenvalue weighted by molar-refractivity contribution is 0.102. The Bertz CT molecular complexity index is 524. The average Bonchev–Trinajstić information content (AvgIpc) is 2.65. The predicted octanol–water partition coefficient (Wildman–Crippen LogP) is 1.08. The zero-order chi connectivity index (χ0) is 11.5. The summed E-state index contributed by atoms with van der Waals surface area (Å²) in [7, 11) is 0. The molecule has 0 radical (unpaired) electrons. The molecule has 0 fully saturated rings. The van der Waals surface area contributed by atoms with Gasteiger partial charge in [-0.2, -0.15) is 0 Å². The first-order chi connectivity index (χ1) is 7.65. The van der Waals surface area contributed by atoms with Gasteiger partial charge in [0.15, 0.2) is 0 Å². The number of nitrogen functional groups attached to an aromatic ring is 1. The number of hydrogen-bond donors (Lipinski definition) is 2. The standard InChI is InChI=1S/C9H9N5OS/c1-5-2-6(4-11-3-5)12-7(15)8-13-14-9(10)16-8/h2-4H,1H3,(H2,10,14)(H,12,15). The zero-order valence-corrected chi connectivity index (χ0v) is 9.28.